The summed E-state index contributed by atoms with van der Waals surface area (Å²) >= 11 is 0. The summed E-state index contributed by atoms with van der Waals surface area (Å²) in [5.41, 5.74) is -0.208. The normalized spacial score (nSPS) is 11.4. The fourth-order valence-corrected chi connectivity index (χ4v) is 1.01. The van der Waals surface area contributed by atoms with Crippen LogP contribution in [0.5, 0.6) is 0 Å². The lowest BCUT2D eigenvalue weighted by atomic mass is 10.2. The van der Waals surface area contributed by atoms with E-state index < -0.39 is 11.7 Å². The average Bonchev–Trinajstić information content (AvgIpc) is 2.14. The topological polar surface area (TPSA) is 12.0 Å². The van der Waals surface area contributed by atoms with E-state index in [1.54, 1.807) is 0 Å². The quantitative estimate of drug-likeness (QED) is 0.792. The Bertz CT molecular complexity index is 294. The highest BCUT2D eigenvalue weighted by Gasteiger charge is 2.30. The van der Waals surface area contributed by atoms with Crippen LogP contribution in [0.25, 0.3) is 0 Å². The van der Waals surface area contributed by atoms with E-state index in [2.05, 4.69) is 11.4 Å². The molecule has 0 aliphatic heterocycles. The first-order chi connectivity index (χ1) is 6.54. The van der Waals surface area contributed by atoms with Crippen LogP contribution in [0, 0.1) is 6.07 Å². The standard InChI is InChI=1S/C10H11F3N/c1-2-6-14-9-5-3-4-8(7-9)10(11,12)13/h4-5,7,14H,2,6H2,1H3. The molecular weight excluding hydrogens is 191 g/mol. The van der Waals surface area contributed by atoms with Crippen molar-refractivity contribution in [2.45, 2.75) is 19.5 Å². The molecule has 1 nitrogen and oxygen atoms in total. The molecule has 0 aromatic heterocycles. The summed E-state index contributed by atoms with van der Waals surface area (Å²) in [7, 11) is 0. The van der Waals surface area contributed by atoms with Gasteiger partial charge in [0, 0.05) is 12.2 Å². The molecule has 1 rings (SSSR count). The summed E-state index contributed by atoms with van der Waals surface area (Å²) in [4.78, 5) is 0. The van der Waals surface area contributed by atoms with Gasteiger partial charge in [-0.25, -0.2) is 0 Å². The molecule has 0 aliphatic rings. The van der Waals surface area contributed by atoms with Gasteiger partial charge in [0.1, 0.15) is 0 Å². The van der Waals surface area contributed by atoms with Crippen LogP contribution in [0.2, 0.25) is 0 Å². The molecule has 4 heteroatoms. The first-order valence-corrected chi connectivity index (χ1v) is 4.36. The molecule has 0 atom stereocenters. The second-order valence-electron chi connectivity index (χ2n) is 2.93. The van der Waals surface area contributed by atoms with E-state index in [-0.39, 0.29) is 0 Å². The summed E-state index contributed by atoms with van der Waals surface area (Å²) in [5, 5.41) is 2.88. The lowest BCUT2D eigenvalue weighted by Crippen LogP contribution is -2.06. The van der Waals surface area contributed by atoms with Crippen molar-refractivity contribution in [3.8, 4) is 0 Å². The number of benzene rings is 1. The highest BCUT2D eigenvalue weighted by atomic mass is 19.4. The molecule has 0 amide bonds. The number of hydrogen-bond donors (Lipinski definition) is 1. The molecule has 1 N–H and O–H groups in total. The van der Waals surface area contributed by atoms with Crippen molar-refractivity contribution in [3.05, 3.63) is 29.8 Å². The fourth-order valence-electron chi connectivity index (χ4n) is 1.01. The van der Waals surface area contributed by atoms with E-state index in [1.165, 1.54) is 6.07 Å². The molecule has 0 spiro atoms. The van der Waals surface area contributed by atoms with Crippen molar-refractivity contribution in [2.75, 3.05) is 11.9 Å². The predicted molar refractivity (Wildman–Crippen MR) is 49.1 cm³/mol. The van der Waals surface area contributed by atoms with E-state index in [1.807, 2.05) is 6.92 Å². The number of anilines is 1. The minimum Gasteiger partial charge on any atom is -0.385 e. The van der Waals surface area contributed by atoms with Gasteiger partial charge in [0.2, 0.25) is 0 Å². The number of halogens is 3. The van der Waals surface area contributed by atoms with E-state index in [4.69, 9.17) is 0 Å². The number of hydrogen-bond acceptors (Lipinski definition) is 1. The Morgan fingerprint density at radius 1 is 1.36 bits per heavy atom. The molecule has 14 heavy (non-hydrogen) atoms. The van der Waals surface area contributed by atoms with Crippen molar-refractivity contribution in [1.82, 2.24) is 0 Å². The van der Waals surface area contributed by atoms with Crippen molar-refractivity contribution in [1.29, 1.82) is 0 Å². The van der Waals surface area contributed by atoms with Crippen molar-refractivity contribution < 1.29 is 13.2 Å². The largest absolute Gasteiger partial charge is 0.416 e. The average molecular weight is 202 g/mol. The highest BCUT2D eigenvalue weighted by molar-refractivity contribution is 5.45. The van der Waals surface area contributed by atoms with Gasteiger partial charge in [-0.1, -0.05) is 6.92 Å². The Hall–Kier alpha value is -1.19. The predicted octanol–water partition coefficient (Wildman–Crippen LogP) is 3.33. The second kappa shape index (κ2) is 4.35. The summed E-state index contributed by atoms with van der Waals surface area (Å²) in [5.74, 6) is 0. The Balaban J connectivity index is 2.79. The smallest absolute Gasteiger partial charge is 0.385 e. The Morgan fingerprint density at radius 3 is 2.64 bits per heavy atom. The van der Waals surface area contributed by atoms with Crippen molar-refractivity contribution in [2.24, 2.45) is 0 Å². The van der Waals surface area contributed by atoms with Crippen LogP contribution >= 0.6 is 0 Å². The third-order valence-electron chi connectivity index (χ3n) is 1.70. The molecule has 0 heterocycles. The molecule has 1 radical (unpaired) electrons. The van der Waals surface area contributed by atoms with Crippen molar-refractivity contribution >= 4 is 5.69 Å². The van der Waals surface area contributed by atoms with Gasteiger partial charge in [0.25, 0.3) is 0 Å². The number of alkyl halides is 3. The van der Waals surface area contributed by atoms with Gasteiger partial charge in [0.05, 0.1) is 5.56 Å². The summed E-state index contributed by atoms with van der Waals surface area (Å²) in [6.07, 6.45) is -3.42. The molecule has 0 saturated carbocycles. The summed E-state index contributed by atoms with van der Waals surface area (Å²) in [6.45, 7) is 2.61. The van der Waals surface area contributed by atoms with Gasteiger partial charge >= 0.3 is 6.18 Å². The minimum atomic E-state index is -4.29. The van der Waals surface area contributed by atoms with E-state index in [0.717, 1.165) is 18.6 Å². The van der Waals surface area contributed by atoms with Crippen LogP contribution in [0.4, 0.5) is 18.9 Å². The van der Waals surface area contributed by atoms with Gasteiger partial charge in [-0.05, 0) is 30.7 Å². The monoisotopic (exact) mass is 202 g/mol. The highest BCUT2D eigenvalue weighted by Crippen LogP contribution is 2.30. The SMILES string of the molecule is CCCNc1c[c]cc(C(F)(F)F)c1. The zero-order valence-corrected chi connectivity index (χ0v) is 7.78. The maximum atomic E-state index is 12.2. The van der Waals surface area contributed by atoms with Gasteiger partial charge in [-0.3, -0.25) is 0 Å². The Morgan fingerprint density at radius 2 is 2.07 bits per heavy atom. The lowest BCUT2D eigenvalue weighted by molar-refractivity contribution is -0.137. The molecular formula is C10H11F3N. The maximum absolute atomic E-state index is 12.2. The van der Waals surface area contributed by atoms with E-state index in [0.29, 0.717) is 12.2 Å². The van der Waals surface area contributed by atoms with Crippen molar-refractivity contribution in [3.63, 3.8) is 0 Å². The second-order valence-corrected chi connectivity index (χ2v) is 2.93. The van der Waals surface area contributed by atoms with Crippen LogP contribution in [0.3, 0.4) is 0 Å². The third-order valence-corrected chi connectivity index (χ3v) is 1.70. The Labute approximate surface area is 80.9 Å². The van der Waals surface area contributed by atoms with Crippen LogP contribution in [-0.4, -0.2) is 6.54 Å². The summed E-state index contributed by atoms with van der Waals surface area (Å²) < 4.78 is 36.7. The molecule has 77 valence electrons. The van der Waals surface area contributed by atoms with E-state index >= 15 is 0 Å². The molecule has 1 aromatic rings. The molecule has 0 unspecified atom stereocenters. The third kappa shape index (κ3) is 2.94. The molecule has 0 saturated heterocycles. The molecule has 1 aromatic carbocycles. The first kappa shape index (κ1) is 10.9. The van der Waals surface area contributed by atoms with Gasteiger partial charge in [-0.2, -0.15) is 13.2 Å². The van der Waals surface area contributed by atoms with E-state index in [9.17, 15) is 13.2 Å². The maximum Gasteiger partial charge on any atom is 0.416 e. The Kier molecular flexibility index (Phi) is 3.38. The van der Waals surface area contributed by atoms with Crippen LogP contribution in [0.1, 0.15) is 18.9 Å². The first-order valence-electron chi connectivity index (χ1n) is 4.36. The van der Waals surface area contributed by atoms with Crippen LogP contribution in [-0.2, 0) is 6.18 Å². The molecule has 0 aliphatic carbocycles. The number of nitrogens with one attached hydrogen (secondary N) is 1. The zero-order chi connectivity index (χ0) is 10.6. The zero-order valence-electron chi connectivity index (χ0n) is 7.78. The van der Waals surface area contributed by atoms with Crippen LogP contribution in [0.15, 0.2) is 18.2 Å². The lowest BCUT2D eigenvalue weighted by Gasteiger charge is -2.09. The summed E-state index contributed by atoms with van der Waals surface area (Å²) in [6, 6.07) is 6.00. The van der Waals surface area contributed by atoms with Gasteiger partial charge in [0.15, 0.2) is 0 Å². The molecule has 0 bridgehead atoms. The number of rotatable bonds is 3. The van der Waals surface area contributed by atoms with Crippen LogP contribution < -0.4 is 5.32 Å². The van der Waals surface area contributed by atoms with Gasteiger partial charge in [-0.15, -0.1) is 0 Å². The molecule has 0 fully saturated rings. The van der Waals surface area contributed by atoms with Gasteiger partial charge < -0.3 is 5.32 Å². The fraction of sp³-hybridized carbons (Fsp3) is 0.400. The minimum absolute atomic E-state index is 0.460.